The lowest BCUT2D eigenvalue weighted by Crippen LogP contribution is -2.08. The topological polar surface area (TPSA) is 26.3 Å². The van der Waals surface area contributed by atoms with Gasteiger partial charge in [-0.15, -0.1) is 0 Å². The van der Waals surface area contributed by atoms with E-state index in [9.17, 15) is 4.79 Å². The summed E-state index contributed by atoms with van der Waals surface area (Å²) in [6, 6.07) is 10.3. The Bertz CT molecular complexity index is 471. The van der Waals surface area contributed by atoms with Gasteiger partial charge in [-0.05, 0) is 17.9 Å². The van der Waals surface area contributed by atoms with E-state index < -0.39 is 0 Å². The van der Waals surface area contributed by atoms with Gasteiger partial charge in [-0.2, -0.15) is 0 Å². The molecule has 0 fully saturated rings. The number of rotatable bonds is 2. The van der Waals surface area contributed by atoms with E-state index in [4.69, 9.17) is 4.74 Å². The average molecular weight is 242 g/mol. The molecule has 0 radical (unpaired) electrons. The van der Waals surface area contributed by atoms with Gasteiger partial charge in [0.25, 0.3) is 0 Å². The van der Waals surface area contributed by atoms with Crippen LogP contribution in [0.5, 0.6) is 0 Å². The van der Waals surface area contributed by atoms with Crippen LogP contribution in [0.3, 0.4) is 0 Å². The van der Waals surface area contributed by atoms with E-state index >= 15 is 0 Å². The van der Waals surface area contributed by atoms with Gasteiger partial charge in [-0.1, -0.05) is 55.5 Å². The second-order valence-corrected chi connectivity index (χ2v) is 4.61. The number of ether oxygens (including phenoxy) is 1. The first-order valence-electron chi connectivity index (χ1n) is 6.23. The van der Waals surface area contributed by atoms with E-state index in [1.54, 1.807) is 0 Å². The fraction of sp³-hybridized carbons (Fsp3) is 0.312. The minimum atomic E-state index is -0.227. The Hall–Kier alpha value is -1.83. The molecule has 0 aromatic heterocycles. The zero-order chi connectivity index (χ0) is 13.0. The Balaban J connectivity index is 2.36. The first-order chi connectivity index (χ1) is 8.72. The van der Waals surface area contributed by atoms with Crippen molar-refractivity contribution in [2.75, 3.05) is 7.11 Å². The van der Waals surface area contributed by atoms with Gasteiger partial charge in [-0.25, -0.2) is 4.79 Å². The summed E-state index contributed by atoms with van der Waals surface area (Å²) in [6.45, 7) is 2.17. The monoisotopic (exact) mass is 242 g/mol. The number of allylic oxidation sites excluding steroid dienone is 3. The largest absolute Gasteiger partial charge is 0.466 e. The molecule has 1 aromatic carbocycles. The summed E-state index contributed by atoms with van der Waals surface area (Å²) in [5.74, 6) is 0.392. The summed E-state index contributed by atoms with van der Waals surface area (Å²) in [5.41, 5.74) is 1.98. The summed E-state index contributed by atoms with van der Waals surface area (Å²) in [6.07, 6.45) is 6.92. The second kappa shape index (κ2) is 5.67. The van der Waals surface area contributed by atoms with Gasteiger partial charge in [-0.3, -0.25) is 0 Å². The maximum Gasteiger partial charge on any atom is 0.333 e. The van der Waals surface area contributed by atoms with Crippen LogP contribution in [0.15, 0.2) is 54.1 Å². The Morgan fingerprint density at radius 2 is 2.00 bits per heavy atom. The predicted octanol–water partition coefficient (Wildman–Crippen LogP) is 3.47. The van der Waals surface area contributed by atoms with Crippen LogP contribution >= 0.6 is 0 Å². The van der Waals surface area contributed by atoms with Crippen molar-refractivity contribution < 1.29 is 9.53 Å². The molecule has 2 nitrogen and oxygen atoms in total. The van der Waals surface area contributed by atoms with E-state index in [1.165, 1.54) is 12.7 Å². The predicted molar refractivity (Wildman–Crippen MR) is 72.2 cm³/mol. The van der Waals surface area contributed by atoms with Crippen molar-refractivity contribution >= 4 is 5.97 Å². The normalized spacial score (nSPS) is 23.1. The number of carbonyl (C=O) groups excluding carboxylic acids is 1. The van der Waals surface area contributed by atoms with Crippen molar-refractivity contribution in [3.05, 3.63) is 59.7 Å². The summed E-state index contributed by atoms with van der Waals surface area (Å²) in [4.78, 5) is 11.7. The molecule has 2 rings (SSSR count). The molecule has 0 unspecified atom stereocenters. The van der Waals surface area contributed by atoms with Gasteiger partial charge in [0.1, 0.15) is 0 Å². The number of esters is 1. The molecule has 94 valence electrons. The molecule has 18 heavy (non-hydrogen) atoms. The highest BCUT2D eigenvalue weighted by atomic mass is 16.5. The third kappa shape index (κ3) is 2.70. The van der Waals surface area contributed by atoms with Gasteiger partial charge in [0.15, 0.2) is 0 Å². The lowest BCUT2D eigenvalue weighted by atomic mass is 9.87. The second-order valence-electron chi connectivity index (χ2n) is 4.61. The quantitative estimate of drug-likeness (QED) is 0.586. The van der Waals surface area contributed by atoms with E-state index in [1.807, 2.05) is 24.3 Å². The van der Waals surface area contributed by atoms with Crippen molar-refractivity contribution in [1.82, 2.24) is 0 Å². The van der Waals surface area contributed by atoms with Gasteiger partial charge < -0.3 is 4.74 Å². The number of methoxy groups -OCH3 is 1. The molecule has 0 spiro atoms. The molecule has 0 saturated heterocycles. The fourth-order valence-electron chi connectivity index (χ4n) is 2.32. The number of benzene rings is 1. The summed E-state index contributed by atoms with van der Waals surface area (Å²) in [5, 5.41) is 0. The molecule has 0 bridgehead atoms. The molecular formula is C16H18O2. The van der Waals surface area contributed by atoms with Crippen LogP contribution in [0.2, 0.25) is 0 Å². The van der Waals surface area contributed by atoms with Crippen LogP contribution in [0.4, 0.5) is 0 Å². The number of hydrogen-bond donors (Lipinski definition) is 0. The van der Waals surface area contributed by atoms with E-state index in [2.05, 4.69) is 31.2 Å². The van der Waals surface area contributed by atoms with Crippen LogP contribution in [0.25, 0.3) is 0 Å². The van der Waals surface area contributed by atoms with Crippen LogP contribution in [0.1, 0.15) is 24.8 Å². The SMILES string of the molecule is COC(=O)C1=C[C@H](c2ccccc2)[C@@H](C)C=CC1. The molecule has 0 heterocycles. The van der Waals surface area contributed by atoms with Crippen molar-refractivity contribution in [3.63, 3.8) is 0 Å². The first-order valence-corrected chi connectivity index (χ1v) is 6.23. The zero-order valence-electron chi connectivity index (χ0n) is 10.8. The molecule has 2 atom stereocenters. The number of carbonyl (C=O) groups is 1. The lowest BCUT2D eigenvalue weighted by Gasteiger charge is -2.18. The standard InChI is InChI=1S/C16H18O2/c1-12-7-6-10-14(16(17)18-2)11-15(12)13-8-4-3-5-9-13/h3-9,11-12,15H,10H2,1-2H3/t12-,15-/m0/s1. The van der Waals surface area contributed by atoms with Crippen molar-refractivity contribution in [1.29, 1.82) is 0 Å². The molecule has 0 N–H and O–H groups in total. The van der Waals surface area contributed by atoms with Crippen molar-refractivity contribution in [3.8, 4) is 0 Å². The Morgan fingerprint density at radius 1 is 1.28 bits per heavy atom. The first kappa shape index (κ1) is 12.6. The molecule has 2 heteroatoms. The summed E-state index contributed by atoms with van der Waals surface area (Å²) in [7, 11) is 1.43. The summed E-state index contributed by atoms with van der Waals surface area (Å²) < 4.78 is 4.82. The molecule has 1 aliphatic carbocycles. The van der Waals surface area contributed by atoms with Crippen LogP contribution < -0.4 is 0 Å². The fourth-order valence-corrected chi connectivity index (χ4v) is 2.32. The molecule has 0 aliphatic heterocycles. The molecule has 0 saturated carbocycles. The Labute approximate surface area is 108 Å². The molecule has 0 amide bonds. The minimum absolute atomic E-state index is 0.227. The van der Waals surface area contributed by atoms with Crippen molar-refractivity contribution in [2.24, 2.45) is 5.92 Å². The molecule has 1 aliphatic rings. The maximum absolute atomic E-state index is 11.7. The van der Waals surface area contributed by atoms with Gasteiger partial charge in [0, 0.05) is 11.5 Å². The Morgan fingerprint density at radius 3 is 2.67 bits per heavy atom. The third-order valence-corrected chi connectivity index (χ3v) is 3.36. The van der Waals surface area contributed by atoms with E-state index in [0.29, 0.717) is 12.3 Å². The molecule has 1 aromatic rings. The molecular weight excluding hydrogens is 224 g/mol. The van der Waals surface area contributed by atoms with Crippen LogP contribution in [0, 0.1) is 5.92 Å². The van der Waals surface area contributed by atoms with Gasteiger partial charge in [0.2, 0.25) is 0 Å². The third-order valence-electron chi connectivity index (χ3n) is 3.36. The minimum Gasteiger partial charge on any atom is -0.466 e. The van der Waals surface area contributed by atoms with Gasteiger partial charge >= 0.3 is 5.97 Å². The van der Waals surface area contributed by atoms with E-state index in [0.717, 1.165) is 5.57 Å². The van der Waals surface area contributed by atoms with E-state index in [-0.39, 0.29) is 11.9 Å². The van der Waals surface area contributed by atoms with Gasteiger partial charge in [0.05, 0.1) is 7.11 Å². The highest BCUT2D eigenvalue weighted by molar-refractivity contribution is 5.89. The highest BCUT2D eigenvalue weighted by Gasteiger charge is 2.20. The number of hydrogen-bond acceptors (Lipinski definition) is 2. The lowest BCUT2D eigenvalue weighted by molar-refractivity contribution is -0.136. The Kier molecular flexibility index (Phi) is 3.98. The average Bonchev–Trinajstić information content (AvgIpc) is 2.61. The van der Waals surface area contributed by atoms with Crippen LogP contribution in [-0.4, -0.2) is 13.1 Å². The smallest absolute Gasteiger partial charge is 0.333 e. The highest BCUT2D eigenvalue weighted by Crippen LogP contribution is 2.31. The maximum atomic E-state index is 11.7. The summed E-state index contributed by atoms with van der Waals surface area (Å²) >= 11 is 0. The van der Waals surface area contributed by atoms with Crippen LogP contribution in [-0.2, 0) is 9.53 Å². The van der Waals surface area contributed by atoms with Crippen molar-refractivity contribution in [2.45, 2.75) is 19.3 Å². The zero-order valence-corrected chi connectivity index (χ0v) is 10.8.